The van der Waals surface area contributed by atoms with Crippen molar-refractivity contribution >= 4 is 11.9 Å². The van der Waals surface area contributed by atoms with E-state index in [0.29, 0.717) is 34.5 Å². The normalized spacial score (nSPS) is 9.53. The van der Waals surface area contributed by atoms with Crippen LogP contribution in [-0.2, 0) is 0 Å². The molecular formula is C20H24O10. The molecule has 0 heterocycles. The Kier molecular flexibility index (Phi) is 9.08. The topological polar surface area (TPSA) is 130 Å². The first-order valence-electron chi connectivity index (χ1n) is 8.34. The van der Waals surface area contributed by atoms with Crippen molar-refractivity contribution in [3.63, 3.8) is 0 Å². The first-order chi connectivity index (χ1) is 14.3. The van der Waals surface area contributed by atoms with E-state index < -0.39 is 11.9 Å². The molecule has 10 nitrogen and oxygen atoms in total. The Bertz CT molecular complexity index is 768. The van der Waals surface area contributed by atoms with Crippen molar-refractivity contribution in [2.24, 2.45) is 0 Å². The van der Waals surface area contributed by atoms with Crippen LogP contribution in [0.2, 0.25) is 0 Å². The molecule has 2 rings (SSSR count). The number of carbonyl (C=O) groups is 2. The number of rotatable bonds is 8. The fourth-order valence-electron chi connectivity index (χ4n) is 2.41. The van der Waals surface area contributed by atoms with Crippen molar-refractivity contribution < 1.29 is 48.2 Å². The summed E-state index contributed by atoms with van der Waals surface area (Å²) < 4.78 is 30.1. The molecule has 30 heavy (non-hydrogen) atoms. The molecule has 0 aliphatic heterocycles. The number of hydrogen-bond donors (Lipinski definition) is 2. The molecule has 0 aliphatic rings. The molecule has 2 aromatic carbocycles. The standard InChI is InChI=1S/2C10H12O5/c2*1-13-7-4-6(10(11)12)5-8(14-2)9(7)15-3/h2*4-5H,1-3H3,(H,11,12). The molecule has 0 bridgehead atoms. The van der Waals surface area contributed by atoms with E-state index in [2.05, 4.69) is 0 Å². The quantitative estimate of drug-likeness (QED) is 0.652. The molecule has 0 aromatic heterocycles. The average Bonchev–Trinajstić information content (AvgIpc) is 2.76. The maximum atomic E-state index is 10.8. The summed E-state index contributed by atoms with van der Waals surface area (Å²) in [7, 11) is 8.65. The van der Waals surface area contributed by atoms with Gasteiger partial charge in [0.1, 0.15) is 0 Å². The minimum atomic E-state index is -1.05. The van der Waals surface area contributed by atoms with Gasteiger partial charge < -0.3 is 38.6 Å². The number of benzene rings is 2. The zero-order chi connectivity index (χ0) is 22.8. The van der Waals surface area contributed by atoms with Crippen LogP contribution in [0.5, 0.6) is 34.5 Å². The van der Waals surface area contributed by atoms with Gasteiger partial charge in [-0.05, 0) is 24.3 Å². The Hall–Kier alpha value is -3.82. The van der Waals surface area contributed by atoms with Crippen LogP contribution in [0.4, 0.5) is 0 Å². The maximum absolute atomic E-state index is 10.8. The number of carboxylic acid groups (broad SMARTS) is 2. The van der Waals surface area contributed by atoms with Gasteiger partial charge in [-0.2, -0.15) is 0 Å². The largest absolute Gasteiger partial charge is 0.493 e. The number of ether oxygens (including phenoxy) is 6. The molecule has 10 heteroatoms. The van der Waals surface area contributed by atoms with Gasteiger partial charge in [-0.3, -0.25) is 0 Å². The van der Waals surface area contributed by atoms with E-state index in [1.807, 2.05) is 0 Å². The smallest absolute Gasteiger partial charge is 0.335 e. The van der Waals surface area contributed by atoms with Gasteiger partial charge in [0.25, 0.3) is 0 Å². The minimum absolute atomic E-state index is 0.0875. The van der Waals surface area contributed by atoms with E-state index in [0.717, 1.165) is 0 Å². The second-order valence-corrected chi connectivity index (χ2v) is 5.44. The second kappa shape index (κ2) is 11.2. The van der Waals surface area contributed by atoms with Crippen LogP contribution in [0.25, 0.3) is 0 Å². The lowest BCUT2D eigenvalue weighted by Crippen LogP contribution is -2.01. The van der Waals surface area contributed by atoms with E-state index in [-0.39, 0.29) is 11.1 Å². The predicted octanol–water partition coefficient (Wildman–Crippen LogP) is 2.82. The highest BCUT2D eigenvalue weighted by Crippen LogP contribution is 2.39. The van der Waals surface area contributed by atoms with Crippen molar-refractivity contribution in [3.8, 4) is 34.5 Å². The highest BCUT2D eigenvalue weighted by molar-refractivity contribution is 5.90. The number of aromatic carboxylic acids is 2. The summed E-state index contributed by atoms with van der Waals surface area (Å²) in [6, 6.07) is 5.51. The van der Waals surface area contributed by atoms with Gasteiger partial charge >= 0.3 is 11.9 Å². The first kappa shape index (κ1) is 24.2. The van der Waals surface area contributed by atoms with E-state index in [1.165, 1.54) is 66.9 Å². The summed E-state index contributed by atoms with van der Waals surface area (Å²) in [5, 5.41) is 17.7. The maximum Gasteiger partial charge on any atom is 0.335 e. The number of carboxylic acids is 2. The monoisotopic (exact) mass is 424 g/mol. The fourth-order valence-corrected chi connectivity index (χ4v) is 2.41. The summed E-state index contributed by atoms with van der Waals surface area (Å²) in [4.78, 5) is 21.6. The lowest BCUT2D eigenvalue weighted by Gasteiger charge is -2.12. The minimum Gasteiger partial charge on any atom is -0.493 e. The van der Waals surface area contributed by atoms with Gasteiger partial charge in [-0.25, -0.2) is 9.59 Å². The summed E-state index contributed by atoms with van der Waals surface area (Å²) in [5.41, 5.74) is 0.175. The summed E-state index contributed by atoms with van der Waals surface area (Å²) in [6.07, 6.45) is 0. The Labute approximate surface area is 173 Å². The fraction of sp³-hybridized carbons (Fsp3) is 0.300. The third kappa shape index (κ3) is 5.60. The Morgan fingerprint density at radius 2 is 0.767 bits per heavy atom. The molecule has 0 saturated heterocycles. The molecule has 0 spiro atoms. The third-order valence-electron chi connectivity index (χ3n) is 3.82. The number of methoxy groups -OCH3 is 6. The molecule has 0 unspecified atom stereocenters. The van der Waals surface area contributed by atoms with Crippen molar-refractivity contribution in [1.82, 2.24) is 0 Å². The van der Waals surface area contributed by atoms with Crippen molar-refractivity contribution in [3.05, 3.63) is 35.4 Å². The first-order valence-corrected chi connectivity index (χ1v) is 8.34. The second-order valence-electron chi connectivity index (χ2n) is 5.44. The molecule has 0 atom stereocenters. The van der Waals surface area contributed by atoms with E-state index >= 15 is 0 Å². The SMILES string of the molecule is COc1cc(C(=O)O)cc(OC)c1OC.COc1cc(C(=O)O)cc(OC)c1OC. The molecule has 0 saturated carbocycles. The van der Waals surface area contributed by atoms with Gasteiger partial charge in [0.2, 0.25) is 11.5 Å². The van der Waals surface area contributed by atoms with Crippen LogP contribution >= 0.6 is 0 Å². The van der Waals surface area contributed by atoms with E-state index in [4.69, 9.17) is 38.6 Å². The van der Waals surface area contributed by atoms with Crippen LogP contribution in [0, 0.1) is 0 Å². The predicted molar refractivity (Wildman–Crippen MR) is 106 cm³/mol. The van der Waals surface area contributed by atoms with Gasteiger partial charge in [0.05, 0.1) is 53.8 Å². The van der Waals surface area contributed by atoms with Crippen LogP contribution < -0.4 is 28.4 Å². The van der Waals surface area contributed by atoms with Gasteiger partial charge in [0.15, 0.2) is 23.0 Å². The van der Waals surface area contributed by atoms with Gasteiger partial charge in [-0.15, -0.1) is 0 Å². The summed E-state index contributed by atoms with van der Waals surface area (Å²) >= 11 is 0. The molecule has 0 aliphatic carbocycles. The van der Waals surface area contributed by atoms with Gasteiger partial charge in [-0.1, -0.05) is 0 Å². The van der Waals surface area contributed by atoms with E-state index in [9.17, 15) is 9.59 Å². The Morgan fingerprint density at radius 1 is 0.533 bits per heavy atom. The highest BCUT2D eigenvalue weighted by atomic mass is 16.5. The Balaban J connectivity index is 0.000000300. The van der Waals surface area contributed by atoms with Crippen molar-refractivity contribution in [2.75, 3.05) is 42.7 Å². The van der Waals surface area contributed by atoms with Crippen LogP contribution in [0.1, 0.15) is 20.7 Å². The molecular weight excluding hydrogens is 400 g/mol. The van der Waals surface area contributed by atoms with Crippen LogP contribution in [-0.4, -0.2) is 64.8 Å². The van der Waals surface area contributed by atoms with E-state index in [1.54, 1.807) is 0 Å². The van der Waals surface area contributed by atoms with Crippen molar-refractivity contribution in [1.29, 1.82) is 0 Å². The number of hydrogen-bond acceptors (Lipinski definition) is 8. The van der Waals surface area contributed by atoms with Crippen molar-refractivity contribution in [2.45, 2.75) is 0 Å². The summed E-state index contributed by atoms with van der Waals surface area (Å²) in [5.74, 6) is -0.0227. The van der Waals surface area contributed by atoms with Crippen LogP contribution in [0.15, 0.2) is 24.3 Å². The summed E-state index contributed by atoms with van der Waals surface area (Å²) in [6.45, 7) is 0. The molecule has 164 valence electrons. The third-order valence-corrected chi connectivity index (χ3v) is 3.82. The Morgan fingerprint density at radius 3 is 0.900 bits per heavy atom. The molecule has 0 fully saturated rings. The van der Waals surface area contributed by atoms with Crippen LogP contribution in [0.3, 0.4) is 0 Å². The van der Waals surface area contributed by atoms with Gasteiger partial charge in [0, 0.05) is 0 Å². The molecule has 2 N–H and O–H groups in total. The lowest BCUT2D eigenvalue weighted by molar-refractivity contribution is 0.0685. The zero-order valence-electron chi connectivity index (χ0n) is 17.5. The lowest BCUT2D eigenvalue weighted by atomic mass is 10.2. The molecule has 0 amide bonds. The zero-order valence-corrected chi connectivity index (χ0v) is 17.5. The molecule has 0 radical (unpaired) electrons. The average molecular weight is 424 g/mol. The molecule has 2 aromatic rings. The highest BCUT2D eigenvalue weighted by Gasteiger charge is 2.17.